The number of benzene rings is 2. The zero-order valence-electron chi connectivity index (χ0n) is 26.2. The molecule has 2 saturated heterocycles. The fourth-order valence-corrected chi connectivity index (χ4v) is 7.84. The molecule has 46 heavy (non-hydrogen) atoms. The highest BCUT2D eigenvalue weighted by molar-refractivity contribution is 7.90. The van der Waals surface area contributed by atoms with E-state index in [1.165, 1.54) is 36.7 Å². The second-order valence-electron chi connectivity index (χ2n) is 12.8. The zero-order valence-corrected chi connectivity index (χ0v) is 27.0. The Labute approximate surface area is 268 Å². The van der Waals surface area contributed by atoms with E-state index in [0.29, 0.717) is 46.1 Å². The maximum Gasteiger partial charge on any atom is 0.406 e. The third-order valence-electron chi connectivity index (χ3n) is 9.65. The van der Waals surface area contributed by atoms with Crippen molar-refractivity contribution in [3.8, 4) is 17.6 Å². The number of alkyl halides is 3. The minimum Gasteiger partial charge on any atom is -0.495 e. The van der Waals surface area contributed by atoms with Gasteiger partial charge in [0.25, 0.3) is 0 Å². The number of sulfone groups is 1. The lowest BCUT2D eigenvalue weighted by molar-refractivity contribution is -0.140. The molecule has 0 spiro atoms. The van der Waals surface area contributed by atoms with Crippen molar-refractivity contribution in [3.05, 3.63) is 48.2 Å². The van der Waals surface area contributed by atoms with E-state index in [4.69, 9.17) is 9.47 Å². The Balaban J connectivity index is 1.12. The van der Waals surface area contributed by atoms with Crippen molar-refractivity contribution in [2.24, 2.45) is 17.8 Å². The number of likely N-dealkylation sites (tertiary alicyclic amines) is 1. The Kier molecular flexibility index (Phi) is 9.46. The molecule has 3 heterocycles. The molecule has 1 aliphatic carbocycles. The van der Waals surface area contributed by atoms with Crippen LogP contribution in [0.2, 0.25) is 0 Å². The molecule has 3 aromatic rings. The molecule has 1 aromatic heterocycles. The van der Waals surface area contributed by atoms with E-state index in [1.54, 1.807) is 24.3 Å². The molecule has 2 unspecified atom stereocenters. The molecule has 2 aliphatic heterocycles. The van der Waals surface area contributed by atoms with Crippen LogP contribution < -0.4 is 15.4 Å². The molecule has 2 N–H and O–H groups in total. The van der Waals surface area contributed by atoms with Crippen LogP contribution in [0.3, 0.4) is 0 Å². The molecule has 12 heteroatoms. The van der Waals surface area contributed by atoms with Crippen LogP contribution in [-0.4, -0.2) is 82.9 Å². The van der Waals surface area contributed by atoms with Crippen LogP contribution in [0.15, 0.2) is 47.4 Å². The second-order valence-corrected chi connectivity index (χ2v) is 14.8. The molecule has 0 amide bonds. The van der Waals surface area contributed by atoms with Crippen LogP contribution in [-0.2, 0) is 21.1 Å². The molecule has 0 bridgehead atoms. The molecule has 248 valence electrons. The monoisotopic (exact) mass is 658 g/mol. The number of fused-ring (bicyclic) bond motifs is 2. The summed E-state index contributed by atoms with van der Waals surface area (Å²) >= 11 is 0. The highest BCUT2D eigenvalue weighted by atomic mass is 32.2. The van der Waals surface area contributed by atoms with Crippen LogP contribution in [0.4, 0.5) is 24.5 Å². The van der Waals surface area contributed by atoms with Gasteiger partial charge in [-0.05, 0) is 67.9 Å². The van der Waals surface area contributed by atoms with Gasteiger partial charge in [-0.3, -0.25) is 4.90 Å². The van der Waals surface area contributed by atoms with Crippen molar-refractivity contribution in [1.82, 2.24) is 9.47 Å². The molecule has 8 nitrogen and oxygen atoms in total. The highest BCUT2D eigenvalue weighted by Crippen LogP contribution is 2.36. The van der Waals surface area contributed by atoms with Crippen molar-refractivity contribution in [3.63, 3.8) is 0 Å². The first kappa shape index (κ1) is 32.5. The molecule has 3 aliphatic rings. The van der Waals surface area contributed by atoms with Crippen LogP contribution >= 0.6 is 0 Å². The number of halogens is 3. The molecule has 0 radical (unpaired) electrons. The molecular weight excluding hydrogens is 617 g/mol. The Bertz CT molecular complexity index is 1710. The number of ether oxygens (including phenoxy) is 2. The summed E-state index contributed by atoms with van der Waals surface area (Å²) in [4.78, 5) is 2.80. The first-order chi connectivity index (χ1) is 22.0. The lowest BCUT2D eigenvalue weighted by Gasteiger charge is -2.35. The van der Waals surface area contributed by atoms with E-state index in [2.05, 4.69) is 27.4 Å². The minimum atomic E-state index is -4.42. The fraction of sp³-hybridized carbons (Fsp3) is 0.529. The Hall–Kier alpha value is -3.40. The maximum absolute atomic E-state index is 13.7. The third-order valence-corrected chi connectivity index (χ3v) is 10.8. The first-order valence-electron chi connectivity index (χ1n) is 15.8. The van der Waals surface area contributed by atoms with E-state index in [0.717, 1.165) is 57.6 Å². The summed E-state index contributed by atoms with van der Waals surface area (Å²) in [5, 5.41) is 7.33. The number of nitrogens with zero attached hydrogens (tertiary/aromatic N) is 2. The van der Waals surface area contributed by atoms with Crippen molar-refractivity contribution < 1.29 is 31.1 Å². The van der Waals surface area contributed by atoms with Crippen LogP contribution in [0.5, 0.6) is 5.75 Å². The van der Waals surface area contributed by atoms with Crippen molar-refractivity contribution in [2.45, 2.75) is 49.3 Å². The summed E-state index contributed by atoms with van der Waals surface area (Å²) in [6.45, 7) is 3.86. The maximum atomic E-state index is 13.7. The second kappa shape index (κ2) is 13.4. The molecule has 6 rings (SSSR count). The van der Waals surface area contributed by atoms with E-state index < -0.39 is 22.6 Å². The SMILES string of the molecule is COc1cc(S(C)(=O)=O)ccc1NCC#Cc1cc2c(NCC3CCC(N4CC5COCC5C4)CC3)cccc2n1CC(F)(F)F. The molecule has 1 saturated carbocycles. The number of hydrogen-bond donors (Lipinski definition) is 2. The number of methoxy groups -OCH3 is 1. The lowest BCUT2D eigenvalue weighted by Crippen LogP contribution is -2.38. The van der Waals surface area contributed by atoms with E-state index in [-0.39, 0.29) is 17.1 Å². The smallest absolute Gasteiger partial charge is 0.406 e. The van der Waals surface area contributed by atoms with Gasteiger partial charge in [0, 0.05) is 60.9 Å². The highest BCUT2D eigenvalue weighted by Gasteiger charge is 2.40. The van der Waals surface area contributed by atoms with Gasteiger partial charge in [0.1, 0.15) is 12.3 Å². The molecular formula is C34H41F3N4O4S. The van der Waals surface area contributed by atoms with Gasteiger partial charge in [-0.2, -0.15) is 13.2 Å². The summed E-state index contributed by atoms with van der Waals surface area (Å²) in [6.07, 6.45) is 1.33. The standard InChI is InChI=1S/C34H41F3N4O4S/c1-44-33-16-28(46(2,42)43)12-13-31(33)38-14-4-5-27-15-29-30(6-3-7-32(29)41(27)22-34(35,36)37)39-17-23-8-10-26(11-9-23)40-18-24-20-45-21-25(24)19-40/h3,6-7,12-13,15-16,23-26,38-39H,8-11,14,17-22H2,1-2H3. The molecule has 2 aromatic carbocycles. The van der Waals surface area contributed by atoms with Gasteiger partial charge < -0.3 is 24.7 Å². The third kappa shape index (κ3) is 7.42. The Morgan fingerprint density at radius 3 is 2.41 bits per heavy atom. The van der Waals surface area contributed by atoms with Crippen molar-refractivity contribution in [2.75, 3.05) is 63.4 Å². The predicted octanol–water partition coefficient (Wildman–Crippen LogP) is 5.63. The van der Waals surface area contributed by atoms with Crippen LogP contribution in [0, 0.1) is 29.6 Å². The number of rotatable bonds is 9. The average Bonchev–Trinajstić information content (AvgIpc) is 3.72. The Morgan fingerprint density at radius 2 is 1.74 bits per heavy atom. The normalized spacial score (nSPS) is 23.6. The summed E-state index contributed by atoms with van der Waals surface area (Å²) in [5.74, 6) is 8.08. The number of anilines is 2. The predicted molar refractivity (Wildman–Crippen MR) is 173 cm³/mol. The molecule has 2 atom stereocenters. The number of aromatic nitrogens is 1. The van der Waals surface area contributed by atoms with Gasteiger partial charge in [-0.25, -0.2) is 8.42 Å². The van der Waals surface area contributed by atoms with Gasteiger partial charge in [0.15, 0.2) is 9.84 Å². The van der Waals surface area contributed by atoms with Gasteiger partial charge in [0.2, 0.25) is 0 Å². The summed E-state index contributed by atoms with van der Waals surface area (Å²) in [5.41, 5.74) is 2.08. The minimum absolute atomic E-state index is 0.114. The van der Waals surface area contributed by atoms with Crippen molar-refractivity contribution in [1.29, 1.82) is 0 Å². The quantitative estimate of drug-likeness (QED) is 0.289. The fourth-order valence-electron chi connectivity index (χ4n) is 7.20. The lowest BCUT2D eigenvalue weighted by atomic mass is 9.85. The summed E-state index contributed by atoms with van der Waals surface area (Å²) < 4.78 is 76.9. The van der Waals surface area contributed by atoms with E-state index in [9.17, 15) is 21.6 Å². The summed E-state index contributed by atoms with van der Waals surface area (Å²) in [6, 6.07) is 12.2. The van der Waals surface area contributed by atoms with E-state index >= 15 is 0 Å². The van der Waals surface area contributed by atoms with Gasteiger partial charge >= 0.3 is 6.18 Å². The zero-order chi connectivity index (χ0) is 32.5. The average molecular weight is 659 g/mol. The van der Waals surface area contributed by atoms with Crippen LogP contribution in [0.1, 0.15) is 31.4 Å². The van der Waals surface area contributed by atoms with Crippen LogP contribution in [0.25, 0.3) is 10.9 Å². The first-order valence-corrected chi connectivity index (χ1v) is 17.7. The number of hydrogen-bond acceptors (Lipinski definition) is 7. The van der Waals surface area contributed by atoms with Gasteiger partial charge in [-0.1, -0.05) is 12.0 Å². The van der Waals surface area contributed by atoms with Gasteiger partial charge in [0.05, 0.1) is 48.7 Å². The number of nitrogens with one attached hydrogen (secondary N) is 2. The summed E-state index contributed by atoms with van der Waals surface area (Å²) in [7, 11) is -1.98. The largest absolute Gasteiger partial charge is 0.495 e. The topological polar surface area (TPSA) is 84.8 Å². The van der Waals surface area contributed by atoms with Gasteiger partial charge in [-0.15, -0.1) is 0 Å². The molecule has 3 fully saturated rings. The van der Waals surface area contributed by atoms with E-state index in [1.807, 2.05) is 6.07 Å². The van der Waals surface area contributed by atoms with Crippen molar-refractivity contribution >= 4 is 32.1 Å². The Morgan fingerprint density at radius 1 is 1.00 bits per heavy atom.